The third-order valence-corrected chi connectivity index (χ3v) is 19.0. The van der Waals surface area contributed by atoms with Gasteiger partial charge in [-0.25, -0.2) is 24.9 Å². The summed E-state index contributed by atoms with van der Waals surface area (Å²) in [4.78, 5) is 34.1. The molecule has 564 valence electrons. The second-order valence-corrected chi connectivity index (χ2v) is 29.3. The van der Waals surface area contributed by atoms with Crippen molar-refractivity contribution in [3.8, 4) is 118 Å². The van der Waals surface area contributed by atoms with Crippen LogP contribution >= 0.6 is 0 Å². The molecule has 10 aromatic heterocycles. The number of H-pyrrole nitrogens is 1. The van der Waals surface area contributed by atoms with E-state index in [0.29, 0.717) is 5.88 Å². The lowest BCUT2D eigenvalue weighted by Gasteiger charge is -2.11. The Morgan fingerprint density at radius 2 is 0.681 bits per heavy atom. The van der Waals surface area contributed by atoms with Gasteiger partial charge >= 0.3 is 0 Å². The molecule has 0 bridgehead atoms. The van der Waals surface area contributed by atoms with Crippen LogP contribution in [0.15, 0.2) is 286 Å². The molecule has 17 heteroatoms. The molecule has 1 aliphatic rings. The summed E-state index contributed by atoms with van der Waals surface area (Å²) in [6, 6.07) is 73.7. The van der Waals surface area contributed by atoms with Gasteiger partial charge in [0.1, 0.15) is 45.6 Å². The van der Waals surface area contributed by atoms with Crippen LogP contribution in [0, 0.1) is 0 Å². The molecule has 10 heterocycles. The first kappa shape index (κ1) is 74.8. The number of nitrogens with zero attached hydrogens (tertiary/aromatic N) is 10. The Bertz CT molecular complexity index is 6190. The van der Waals surface area contributed by atoms with Crippen molar-refractivity contribution in [1.82, 2.24) is 52.7 Å². The van der Waals surface area contributed by atoms with E-state index in [4.69, 9.17) is 23.7 Å². The lowest BCUT2D eigenvalue weighted by Crippen LogP contribution is -2.06. The summed E-state index contributed by atoms with van der Waals surface area (Å²) in [6.45, 7) is 21.8. The maximum absolute atomic E-state index is 11.5. The van der Waals surface area contributed by atoms with Gasteiger partial charge in [-0.1, -0.05) is 60.7 Å². The molecule has 0 radical (unpaired) electrons. The van der Waals surface area contributed by atoms with Crippen LogP contribution in [0.25, 0.3) is 129 Å². The number of aromatic nitrogens is 11. The number of aromatic amines is 1. The number of fused-ring (bicyclic) bond motifs is 6. The van der Waals surface area contributed by atoms with Gasteiger partial charge in [0.15, 0.2) is 5.78 Å². The highest BCUT2D eigenvalue weighted by Gasteiger charge is 2.17. The van der Waals surface area contributed by atoms with Crippen LogP contribution in [0.1, 0.15) is 97.6 Å². The number of benzene rings is 7. The molecule has 0 aliphatic heterocycles. The Morgan fingerprint density at radius 3 is 1.06 bits per heavy atom. The fraction of sp³-hybridized carbons (Fsp3) is 0.177. The Labute approximate surface area is 657 Å². The molecule has 113 heavy (non-hydrogen) atoms. The molecule has 0 spiro atoms. The van der Waals surface area contributed by atoms with Crippen LogP contribution in [0.5, 0.6) is 28.9 Å². The smallest absolute Gasteiger partial charge is 0.213 e. The van der Waals surface area contributed by atoms with Crippen molar-refractivity contribution in [2.24, 2.45) is 0 Å². The van der Waals surface area contributed by atoms with Crippen molar-refractivity contribution in [3.63, 3.8) is 0 Å². The minimum Gasteiger partial charge on any atom is -0.491 e. The summed E-state index contributed by atoms with van der Waals surface area (Å²) in [5.41, 5.74) is 25.7. The maximum Gasteiger partial charge on any atom is 0.213 e. The average Bonchev–Trinajstić information content (AvgIpc) is 1.68. The van der Waals surface area contributed by atoms with E-state index in [1.165, 1.54) is 22.3 Å². The summed E-state index contributed by atoms with van der Waals surface area (Å²) < 4.78 is 37.1. The monoisotopic (exact) mass is 1490 g/mol. The Kier molecular flexibility index (Phi) is 22.0. The number of carbonyl (C=O) groups is 1. The first-order valence-corrected chi connectivity index (χ1v) is 38.3. The minimum absolute atomic E-state index is 0.0730. The zero-order valence-corrected chi connectivity index (χ0v) is 65.2. The number of nitrogens with one attached hydrogen (secondary N) is 1. The molecule has 0 saturated carbocycles. The number of hydrogen-bond donors (Lipinski definition) is 1. The fourth-order valence-electron chi connectivity index (χ4n) is 13.7. The first-order valence-electron chi connectivity index (χ1n) is 38.3. The molecule has 18 rings (SSSR count). The van der Waals surface area contributed by atoms with Crippen molar-refractivity contribution in [2.75, 3.05) is 0 Å². The number of ether oxygens (including phenoxy) is 5. The summed E-state index contributed by atoms with van der Waals surface area (Å²) in [7, 11) is 0. The van der Waals surface area contributed by atoms with Gasteiger partial charge in [0.25, 0.3) is 0 Å². The largest absolute Gasteiger partial charge is 0.491 e. The predicted octanol–water partition coefficient (Wildman–Crippen LogP) is 22.7. The Hall–Kier alpha value is -13.7. The second kappa shape index (κ2) is 33.3. The van der Waals surface area contributed by atoms with E-state index in [0.717, 1.165) is 147 Å². The molecule has 7 aromatic carbocycles. The average molecular weight is 1490 g/mol. The Balaban J connectivity index is 0.000000119. The fourth-order valence-corrected chi connectivity index (χ4v) is 13.7. The van der Waals surface area contributed by atoms with Crippen molar-refractivity contribution >= 4 is 45.4 Å². The van der Waals surface area contributed by atoms with E-state index in [1.807, 2.05) is 203 Å². The highest BCUT2D eigenvalue weighted by molar-refractivity contribution is 5.94. The summed E-state index contributed by atoms with van der Waals surface area (Å²) >= 11 is 0. The van der Waals surface area contributed by atoms with E-state index in [1.54, 1.807) is 6.92 Å². The quantitative estimate of drug-likeness (QED) is 0.0760. The molecule has 0 fully saturated rings. The van der Waals surface area contributed by atoms with Crippen molar-refractivity contribution in [2.45, 2.75) is 113 Å². The second-order valence-electron chi connectivity index (χ2n) is 29.3. The highest BCUT2D eigenvalue weighted by Crippen LogP contribution is 2.35. The van der Waals surface area contributed by atoms with Crippen LogP contribution in [0.2, 0.25) is 0 Å². The molecule has 0 saturated heterocycles. The summed E-state index contributed by atoms with van der Waals surface area (Å²) in [5.74, 6) is 4.20. The zero-order chi connectivity index (χ0) is 78.2. The number of allylic oxidation sites excluding steroid dienone is 1. The van der Waals surface area contributed by atoms with Gasteiger partial charge in [-0.15, -0.1) is 0 Å². The SMILES string of the molecule is CC(=O)c1ccc(-c2ccc3ncc(-c4ccc(OC(C)C)cc4)n3c2)cc1.CC(C)Oc1ccc(-c2cnc3ccc(-c4ccc(OC(C)C)nc4)cn23)cc1.CC(C)Oc1ccc(-c2cnc3ccc(-c4ccc5[nH]ncc5c4)cn23)cc1.CC(C)Oc1ccc(-c2cnc3ccc(-c4ccc5c(c4)CC=C5)cn23)cc1. The normalized spacial score (nSPS) is 11.7. The molecule has 1 N–H and O–H groups in total. The first-order chi connectivity index (χ1) is 54.8. The van der Waals surface area contributed by atoms with Gasteiger partial charge in [-0.3, -0.25) is 27.5 Å². The van der Waals surface area contributed by atoms with Gasteiger partial charge < -0.3 is 23.7 Å². The highest BCUT2D eigenvalue weighted by atomic mass is 16.5. The van der Waals surface area contributed by atoms with Gasteiger partial charge in [0.05, 0.1) is 89.8 Å². The van der Waals surface area contributed by atoms with Crippen molar-refractivity contribution in [3.05, 3.63) is 303 Å². The molecular weight excluding hydrogens is 1400 g/mol. The number of imidazole rings is 4. The van der Waals surface area contributed by atoms with Crippen LogP contribution in [-0.2, 0) is 6.42 Å². The molecule has 0 amide bonds. The lowest BCUT2D eigenvalue weighted by molar-refractivity contribution is 0.101. The topological polar surface area (TPSA) is 174 Å². The number of carbonyl (C=O) groups excluding carboxylic acids is 1. The Morgan fingerprint density at radius 1 is 0.336 bits per heavy atom. The van der Waals surface area contributed by atoms with Gasteiger partial charge in [0.2, 0.25) is 5.88 Å². The molecule has 17 aromatic rings. The number of rotatable bonds is 19. The maximum atomic E-state index is 11.5. The van der Waals surface area contributed by atoms with Crippen LogP contribution in [-0.4, -0.2) is 89.0 Å². The standard InChI is InChI=1S/C25H22N2O.C24H25N3O2.C24H22N2O2.C23H20N4O/c1-17(2)28-23-11-8-19(9-12-23)24-15-26-25-13-10-22(16-27(24)25)21-7-6-18-4-3-5-20(18)14-21;1-16(2)28-21-9-5-18(6-10-21)22-14-25-23-11-7-20(15-27(22)23)19-8-12-24(26-13-19)29-17(3)4;1-16(2)28-22-11-8-20(9-12-22)23-14-25-24-13-10-21(15-26(23)24)19-6-4-18(5-7-19)17(3)27;1-15(2)28-20-7-3-16(4-8-20)22-13-24-23-10-6-18(14-27(22)23)17-5-9-21-19(11-17)12-25-26-21/h3-4,6-17H,5H2,1-2H3;5-17H,1-4H3;4-16H,1-3H3;3-15H,1-2H3,(H,25,26). The number of ketones is 1. The minimum atomic E-state index is 0.0730. The van der Waals surface area contributed by atoms with Gasteiger partial charge in [0, 0.05) is 81.4 Å². The molecule has 1 aliphatic carbocycles. The van der Waals surface area contributed by atoms with E-state index in [2.05, 4.69) is 211 Å². The van der Waals surface area contributed by atoms with Crippen molar-refractivity contribution in [1.29, 1.82) is 0 Å². The van der Waals surface area contributed by atoms with Crippen LogP contribution in [0.3, 0.4) is 0 Å². The van der Waals surface area contributed by atoms with Crippen molar-refractivity contribution < 1.29 is 28.5 Å². The van der Waals surface area contributed by atoms with Gasteiger partial charge in [-0.2, -0.15) is 5.10 Å². The third kappa shape index (κ3) is 17.5. The van der Waals surface area contributed by atoms with E-state index >= 15 is 0 Å². The lowest BCUT2D eigenvalue weighted by atomic mass is 10.0. The van der Waals surface area contributed by atoms with E-state index < -0.39 is 0 Å². The van der Waals surface area contributed by atoms with Crippen LogP contribution < -0.4 is 23.7 Å². The predicted molar refractivity (Wildman–Crippen MR) is 453 cm³/mol. The van der Waals surface area contributed by atoms with Gasteiger partial charge in [-0.05, 0) is 291 Å². The molecule has 0 unspecified atom stereocenters. The van der Waals surface area contributed by atoms with Crippen LogP contribution in [0.4, 0.5) is 0 Å². The number of pyridine rings is 5. The van der Waals surface area contributed by atoms with E-state index in [9.17, 15) is 4.79 Å². The number of Topliss-reactive ketones (excluding diaryl/α,β-unsaturated/α-hetero) is 1. The summed E-state index contributed by atoms with van der Waals surface area (Å²) in [5, 5.41) is 8.20. The number of hydrogen-bond acceptors (Lipinski definition) is 12. The van der Waals surface area contributed by atoms with E-state index in [-0.39, 0.29) is 36.3 Å². The zero-order valence-electron chi connectivity index (χ0n) is 65.2. The molecular formula is C96H89N11O6. The summed E-state index contributed by atoms with van der Waals surface area (Å²) in [6.07, 6.45) is 26.0. The molecule has 0 atom stereocenters. The molecule has 17 nitrogen and oxygen atoms in total. The third-order valence-electron chi connectivity index (χ3n) is 19.0.